The third-order valence-electron chi connectivity index (χ3n) is 6.41. The highest BCUT2D eigenvalue weighted by molar-refractivity contribution is 6.32. The molecule has 2 heterocycles. The van der Waals surface area contributed by atoms with Crippen LogP contribution in [0.15, 0.2) is 41.2 Å². The number of H-pyrrole nitrogens is 1. The molecule has 2 aromatic carbocycles. The third kappa shape index (κ3) is 4.27. The third-order valence-corrected chi connectivity index (χ3v) is 6.72. The predicted octanol–water partition coefficient (Wildman–Crippen LogP) is 3.83. The second-order valence-corrected chi connectivity index (χ2v) is 9.12. The number of ether oxygens (including phenoxy) is 1. The number of nitrogens with zero attached hydrogens (tertiary/aromatic N) is 3. The summed E-state index contributed by atoms with van der Waals surface area (Å²) in [5.41, 5.74) is 1.02. The van der Waals surface area contributed by atoms with Crippen molar-refractivity contribution < 1.29 is 13.9 Å². The van der Waals surface area contributed by atoms with E-state index in [4.69, 9.17) is 16.3 Å². The molecule has 1 aromatic heterocycles. The van der Waals surface area contributed by atoms with Crippen LogP contribution >= 0.6 is 11.6 Å². The number of rotatable bonds is 6. The summed E-state index contributed by atoms with van der Waals surface area (Å²) in [6.45, 7) is 1.37. The van der Waals surface area contributed by atoms with Gasteiger partial charge in [-0.1, -0.05) is 23.7 Å². The highest BCUT2D eigenvalue weighted by atomic mass is 35.5. The summed E-state index contributed by atoms with van der Waals surface area (Å²) < 4.78 is 21.7. The van der Waals surface area contributed by atoms with E-state index in [1.165, 1.54) is 17.7 Å². The van der Waals surface area contributed by atoms with E-state index in [0.29, 0.717) is 35.1 Å². The number of aromatic amines is 1. The highest BCUT2D eigenvalue weighted by Crippen LogP contribution is 2.34. The number of hydrogen-bond acceptors (Lipinski definition) is 4. The Bertz CT molecular complexity index is 1270. The number of halogens is 2. The number of amides is 1. The van der Waals surface area contributed by atoms with Crippen LogP contribution in [0.2, 0.25) is 5.02 Å². The normalized spacial score (nSPS) is 18.0. The maximum Gasteiger partial charge on any atom is 0.348 e. The van der Waals surface area contributed by atoms with Crippen LogP contribution in [0.5, 0.6) is 5.75 Å². The van der Waals surface area contributed by atoms with E-state index in [9.17, 15) is 9.59 Å². The number of hydrogen-bond donors (Lipinski definition) is 1. The molecule has 2 fully saturated rings. The second kappa shape index (κ2) is 8.67. The van der Waals surface area contributed by atoms with Gasteiger partial charge in [0.2, 0.25) is 5.91 Å². The van der Waals surface area contributed by atoms with Crippen molar-refractivity contribution in [3.63, 3.8) is 0 Å². The van der Waals surface area contributed by atoms with Gasteiger partial charge in [0.05, 0.1) is 17.8 Å². The Labute approximate surface area is 195 Å². The van der Waals surface area contributed by atoms with Crippen LogP contribution in [0.4, 0.5) is 4.39 Å². The van der Waals surface area contributed by atoms with E-state index in [2.05, 4.69) is 10.2 Å². The molecule has 1 aliphatic heterocycles. The Morgan fingerprint density at radius 2 is 1.97 bits per heavy atom. The van der Waals surface area contributed by atoms with E-state index >= 15 is 4.39 Å². The first-order chi connectivity index (χ1) is 15.9. The maximum absolute atomic E-state index is 15.2. The lowest BCUT2D eigenvalue weighted by Crippen LogP contribution is -2.30. The quantitative estimate of drug-likeness (QED) is 0.593. The Balaban J connectivity index is 1.38. The number of carbonyl (C=O) groups is 1. The van der Waals surface area contributed by atoms with Crippen LogP contribution in [0.3, 0.4) is 0 Å². The average molecular weight is 471 g/mol. The van der Waals surface area contributed by atoms with Gasteiger partial charge in [0, 0.05) is 25.4 Å². The van der Waals surface area contributed by atoms with E-state index in [0.717, 1.165) is 31.4 Å². The minimum atomic E-state index is -0.539. The molecule has 0 unspecified atom stereocenters. The van der Waals surface area contributed by atoms with E-state index < -0.39 is 11.5 Å². The van der Waals surface area contributed by atoms with Crippen molar-refractivity contribution in [3.8, 4) is 22.6 Å². The zero-order valence-electron chi connectivity index (χ0n) is 18.2. The number of nitrogens with one attached hydrogen (secondary N) is 1. The smallest absolute Gasteiger partial charge is 0.348 e. The molecule has 3 aromatic rings. The first kappa shape index (κ1) is 21.7. The average Bonchev–Trinajstić information content (AvgIpc) is 3.46. The summed E-state index contributed by atoms with van der Waals surface area (Å²) in [4.78, 5) is 26.7. The summed E-state index contributed by atoms with van der Waals surface area (Å²) in [5, 5.41) is 7.07. The van der Waals surface area contributed by atoms with E-state index in [1.54, 1.807) is 30.3 Å². The van der Waals surface area contributed by atoms with Crippen LogP contribution in [-0.4, -0.2) is 45.8 Å². The Morgan fingerprint density at radius 3 is 2.70 bits per heavy atom. The molecule has 7 nitrogen and oxygen atoms in total. The van der Waals surface area contributed by atoms with Crippen molar-refractivity contribution in [2.45, 2.75) is 25.7 Å². The molecule has 0 spiro atoms. The standard InChI is InChI=1S/C24H24ClFN4O3/c1-33-21-12-17(4-6-18(21)25)16-5-7-20(19(26)11-16)30-22(27-28-24(30)32)10-14-8-9-29(13-14)23(31)15-2-3-15/h4-7,11-12,14-15H,2-3,8-10,13H2,1H3,(H,28,32)/t14-/m0/s1. The van der Waals surface area contributed by atoms with Crippen LogP contribution < -0.4 is 10.4 Å². The number of carbonyl (C=O) groups excluding carboxylic acids is 1. The monoisotopic (exact) mass is 470 g/mol. The molecule has 1 N–H and O–H groups in total. The number of likely N-dealkylation sites (tertiary alicyclic amines) is 1. The molecule has 0 bridgehead atoms. The highest BCUT2D eigenvalue weighted by Gasteiger charge is 2.37. The number of benzene rings is 2. The Morgan fingerprint density at radius 1 is 1.21 bits per heavy atom. The molecule has 1 amide bonds. The molecule has 5 rings (SSSR count). The number of aromatic nitrogens is 3. The Hall–Kier alpha value is -3.13. The minimum absolute atomic E-state index is 0.136. The second-order valence-electron chi connectivity index (χ2n) is 8.71. The molecule has 172 valence electrons. The molecule has 0 radical (unpaired) electrons. The summed E-state index contributed by atoms with van der Waals surface area (Å²) in [5.74, 6) is 1.04. The molecular formula is C24H24ClFN4O3. The molecule has 1 saturated carbocycles. The van der Waals surface area contributed by atoms with Crippen LogP contribution in [0.1, 0.15) is 25.1 Å². The molecule has 1 saturated heterocycles. The zero-order chi connectivity index (χ0) is 23.1. The fourth-order valence-corrected chi connectivity index (χ4v) is 4.66. The van der Waals surface area contributed by atoms with Gasteiger partial charge < -0.3 is 9.64 Å². The van der Waals surface area contributed by atoms with Gasteiger partial charge in [0.1, 0.15) is 17.4 Å². The van der Waals surface area contributed by atoms with Gasteiger partial charge in [-0.3, -0.25) is 4.79 Å². The molecule has 1 aliphatic carbocycles. The molecule has 2 aliphatic rings. The van der Waals surface area contributed by atoms with Crippen LogP contribution in [0.25, 0.3) is 16.8 Å². The van der Waals surface area contributed by atoms with Crippen molar-refractivity contribution in [3.05, 3.63) is 63.5 Å². The largest absolute Gasteiger partial charge is 0.495 e. The van der Waals surface area contributed by atoms with Crippen molar-refractivity contribution in [2.24, 2.45) is 11.8 Å². The van der Waals surface area contributed by atoms with Gasteiger partial charge in [0.15, 0.2) is 0 Å². The van der Waals surface area contributed by atoms with Gasteiger partial charge in [-0.15, -0.1) is 0 Å². The Kier molecular flexibility index (Phi) is 5.70. The van der Waals surface area contributed by atoms with Crippen molar-refractivity contribution >= 4 is 17.5 Å². The van der Waals surface area contributed by atoms with Gasteiger partial charge in [-0.25, -0.2) is 18.9 Å². The zero-order valence-corrected chi connectivity index (χ0v) is 18.9. The topological polar surface area (TPSA) is 80.2 Å². The fraction of sp³-hybridized carbons (Fsp3) is 0.375. The van der Waals surface area contributed by atoms with Crippen molar-refractivity contribution in [2.75, 3.05) is 20.2 Å². The summed E-state index contributed by atoms with van der Waals surface area (Å²) in [6.07, 6.45) is 3.30. The van der Waals surface area contributed by atoms with Crippen molar-refractivity contribution in [1.29, 1.82) is 0 Å². The molecule has 33 heavy (non-hydrogen) atoms. The molecular weight excluding hydrogens is 447 g/mol. The van der Waals surface area contributed by atoms with Crippen molar-refractivity contribution in [1.82, 2.24) is 19.7 Å². The lowest BCUT2D eigenvalue weighted by molar-refractivity contribution is -0.131. The maximum atomic E-state index is 15.2. The molecule has 1 atom stereocenters. The van der Waals surface area contributed by atoms with Crippen LogP contribution in [0, 0.1) is 17.7 Å². The molecule has 9 heteroatoms. The minimum Gasteiger partial charge on any atom is -0.495 e. The van der Waals surface area contributed by atoms with E-state index in [1.807, 2.05) is 4.90 Å². The summed E-state index contributed by atoms with van der Waals surface area (Å²) in [6, 6.07) is 9.91. The van der Waals surface area contributed by atoms with Gasteiger partial charge in [-0.2, -0.15) is 5.10 Å². The van der Waals surface area contributed by atoms with E-state index in [-0.39, 0.29) is 23.4 Å². The predicted molar refractivity (Wildman–Crippen MR) is 122 cm³/mol. The van der Waals surface area contributed by atoms with Gasteiger partial charge >= 0.3 is 5.69 Å². The fourth-order valence-electron chi connectivity index (χ4n) is 4.47. The first-order valence-corrected chi connectivity index (χ1v) is 11.4. The summed E-state index contributed by atoms with van der Waals surface area (Å²) >= 11 is 6.09. The summed E-state index contributed by atoms with van der Waals surface area (Å²) in [7, 11) is 1.52. The van der Waals surface area contributed by atoms with Gasteiger partial charge in [0.25, 0.3) is 0 Å². The lowest BCUT2D eigenvalue weighted by Gasteiger charge is -2.16. The number of methoxy groups -OCH3 is 1. The first-order valence-electron chi connectivity index (χ1n) is 11.0. The van der Waals surface area contributed by atoms with Gasteiger partial charge in [-0.05, 0) is 60.6 Å². The SMILES string of the molecule is COc1cc(-c2ccc(-n3c(C[C@@H]4CCN(C(=O)C5CC5)C4)n[nH]c3=O)c(F)c2)ccc1Cl. The van der Waals surface area contributed by atoms with Crippen LogP contribution in [-0.2, 0) is 11.2 Å². The lowest BCUT2D eigenvalue weighted by atomic mass is 10.0.